The Kier molecular flexibility index (Phi) is 7.34. The molecule has 0 amide bonds. The Morgan fingerprint density at radius 2 is 2.19 bits per heavy atom. The van der Waals surface area contributed by atoms with Crippen LogP contribution in [0.1, 0.15) is 30.0 Å². The molecule has 4 rings (SSSR count). The zero-order valence-electron chi connectivity index (χ0n) is 18.6. The molecule has 8 heteroatoms. The molecule has 8 nitrogen and oxygen atoms in total. The van der Waals surface area contributed by atoms with Crippen LogP contribution in [0.15, 0.2) is 53.8 Å². The molecule has 1 aromatic heterocycles. The summed E-state index contributed by atoms with van der Waals surface area (Å²) in [7, 11) is 0. The van der Waals surface area contributed by atoms with E-state index < -0.39 is 0 Å². The molecule has 0 spiro atoms. The number of nitrogens with one attached hydrogen (secondary N) is 3. The Morgan fingerprint density at radius 3 is 2.97 bits per heavy atom. The third-order valence-corrected chi connectivity index (χ3v) is 5.23. The summed E-state index contributed by atoms with van der Waals surface area (Å²) in [6.45, 7) is 7.49. The molecule has 3 aromatic rings. The highest BCUT2D eigenvalue weighted by atomic mass is 16.5. The number of hydrogen-bond donors (Lipinski definition) is 3. The summed E-state index contributed by atoms with van der Waals surface area (Å²) in [5.74, 6) is 2.41. The molecule has 0 radical (unpaired) electrons. The second kappa shape index (κ2) is 10.8. The van der Waals surface area contributed by atoms with Gasteiger partial charge in [0, 0.05) is 30.6 Å². The third-order valence-electron chi connectivity index (χ3n) is 5.23. The first kappa shape index (κ1) is 21.8. The summed E-state index contributed by atoms with van der Waals surface area (Å²) in [6, 6.07) is 14.4. The Hall–Kier alpha value is -3.39. The maximum absolute atomic E-state index is 6.22. The summed E-state index contributed by atoms with van der Waals surface area (Å²) in [5, 5.41) is 13.6. The summed E-state index contributed by atoms with van der Waals surface area (Å²) in [4.78, 5) is 8.98. The van der Waals surface area contributed by atoms with Crippen molar-refractivity contribution in [2.24, 2.45) is 4.99 Å². The molecule has 1 aliphatic rings. The van der Waals surface area contributed by atoms with Crippen molar-refractivity contribution in [3.8, 4) is 17.1 Å². The van der Waals surface area contributed by atoms with E-state index >= 15 is 0 Å². The van der Waals surface area contributed by atoms with E-state index in [0.29, 0.717) is 19.7 Å². The van der Waals surface area contributed by atoms with Gasteiger partial charge in [-0.1, -0.05) is 30.3 Å². The van der Waals surface area contributed by atoms with E-state index in [0.717, 1.165) is 53.8 Å². The number of ether oxygens (including phenoxy) is 2. The molecule has 32 heavy (non-hydrogen) atoms. The van der Waals surface area contributed by atoms with Crippen LogP contribution in [-0.4, -0.2) is 47.0 Å². The minimum absolute atomic E-state index is 0.120. The van der Waals surface area contributed by atoms with Gasteiger partial charge in [0.15, 0.2) is 11.8 Å². The molecule has 0 saturated carbocycles. The van der Waals surface area contributed by atoms with Crippen LogP contribution in [-0.2, 0) is 17.8 Å². The smallest absolute Gasteiger partial charge is 0.191 e. The largest absolute Gasteiger partial charge is 0.488 e. The molecule has 2 heterocycles. The minimum Gasteiger partial charge on any atom is -0.488 e. The Balaban J connectivity index is 1.43. The van der Waals surface area contributed by atoms with Gasteiger partial charge >= 0.3 is 0 Å². The number of benzene rings is 2. The molecule has 3 N–H and O–H groups in total. The van der Waals surface area contributed by atoms with Gasteiger partial charge in [0.25, 0.3) is 0 Å². The van der Waals surface area contributed by atoms with E-state index in [1.54, 1.807) is 0 Å². The second-order valence-electron chi connectivity index (χ2n) is 7.80. The number of guanidine groups is 1. The molecule has 0 aliphatic carbocycles. The van der Waals surface area contributed by atoms with Gasteiger partial charge in [0.05, 0.1) is 19.8 Å². The van der Waals surface area contributed by atoms with Crippen LogP contribution in [0.3, 0.4) is 0 Å². The predicted octanol–water partition coefficient (Wildman–Crippen LogP) is 3.20. The normalized spacial score (nSPS) is 16.2. The molecule has 1 fully saturated rings. The van der Waals surface area contributed by atoms with E-state index in [1.807, 2.05) is 12.1 Å². The first-order valence-corrected chi connectivity index (χ1v) is 11.0. The highest BCUT2D eigenvalue weighted by Gasteiger charge is 2.18. The van der Waals surface area contributed by atoms with Crippen molar-refractivity contribution >= 4 is 5.96 Å². The van der Waals surface area contributed by atoms with Gasteiger partial charge in [-0.3, -0.25) is 5.10 Å². The average molecular weight is 435 g/mol. The number of aromatic nitrogens is 3. The van der Waals surface area contributed by atoms with Crippen molar-refractivity contribution in [2.75, 3.05) is 19.8 Å². The number of aromatic amines is 1. The van der Waals surface area contributed by atoms with Gasteiger partial charge in [-0.2, -0.15) is 5.10 Å². The van der Waals surface area contributed by atoms with Gasteiger partial charge in [-0.25, -0.2) is 9.98 Å². The molecule has 1 saturated heterocycles. The SMILES string of the molecule is CCNC(=NCc1cccc(-c2ncn[nH]2)c1)NCc1ccc(C)cc1OC1CCOC1. The van der Waals surface area contributed by atoms with Crippen molar-refractivity contribution in [1.29, 1.82) is 0 Å². The number of rotatable bonds is 8. The van der Waals surface area contributed by atoms with Gasteiger partial charge in [0.2, 0.25) is 0 Å². The number of H-pyrrole nitrogens is 1. The van der Waals surface area contributed by atoms with Crippen molar-refractivity contribution in [3.63, 3.8) is 0 Å². The topological polar surface area (TPSA) is 96.5 Å². The number of nitrogens with zero attached hydrogens (tertiary/aromatic N) is 3. The summed E-state index contributed by atoms with van der Waals surface area (Å²) < 4.78 is 11.7. The Labute approximate surface area is 188 Å². The zero-order chi connectivity index (χ0) is 22.2. The molecular formula is C24H30N6O2. The van der Waals surface area contributed by atoms with Crippen molar-refractivity contribution in [3.05, 3.63) is 65.5 Å². The highest BCUT2D eigenvalue weighted by Crippen LogP contribution is 2.24. The van der Waals surface area contributed by atoms with Crippen LogP contribution in [0.4, 0.5) is 0 Å². The lowest BCUT2D eigenvalue weighted by atomic mass is 10.1. The van der Waals surface area contributed by atoms with Crippen LogP contribution < -0.4 is 15.4 Å². The fourth-order valence-corrected chi connectivity index (χ4v) is 3.56. The van der Waals surface area contributed by atoms with Gasteiger partial charge in [-0.15, -0.1) is 0 Å². The lowest BCUT2D eigenvalue weighted by Gasteiger charge is -2.18. The van der Waals surface area contributed by atoms with Crippen molar-refractivity contribution in [1.82, 2.24) is 25.8 Å². The third kappa shape index (κ3) is 5.85. The van der Waals surface area contributed by atoms with E-state index in [9.17, 15) is 0 Å². The van der Waals surface area contributed by atoms with E-state index in [1.165, 1.54) is 11.9 Å². The first-order chi connectivity index (χ1) is 15.7. The highest BCUT2D eigenvalue weighted by molar-refractivity contribution is 5.79. The maximum Gasteiger partial charge on any atom is 0.191 e. The Bertz CT molecular complexity index is 1030. The van der Waals surface area contributed by atoms with Crippen LogP contribution in [0.25, 0.3) is 11.4 Å². The number of hydrogen-bond acceptors (Lipinski definition) is 5. The average Bonchev–Trinajstić information content (AvgIpc) is 3.51. The zero-order valence-corrected chi connectivity index (χ0v) is 18.6. The molecule has 2 aromatic carbocycles. The molecule has 1 atom stereocenters. The lowest BCUT2D eigenvalue weighted by Crippen LogP contribution is -2.37. The second-order valence-corrected chi connectivity index (χ2v) is 7.80. The van der Waals surface area contributed by atoms with E-state index in [2.05, 4.69) is 70.0 Å². The monoisotopic (exact) mass is 434 g/mol. The van der Waals surface area contributed by atoms with E-state index in [-0.39, 0.29) is 6.10 Å². The molecule has 0 bridgehead atoms. The predicted molar refractivity (Wildman–Crippen MR) is 125 cm³/mol. The van der Waals surface area contributed by atoms with Crippen molar-refractivity contribution < 1.29 is 9.47 Å². The van der Waals surface area contributed by atoms with Gasteiger partial charge in [0.1, 0.15) is 18.2 Å². The summed E-state index contributed by atoms with van der Waals surface area (Å²) >= 11 is 0. The number of aliphatic imine (C=N–C) groups is 1. The van der Waals surface area contributed by atoms with Crippen LogP contribution >= 0.6 is 0 Å². The fraction of sp³-hybridized carbons (Fsp3) is 0.375. The van der Waals surface area contributed by atoms with Crippen LogP contribution in [0.2, 0.25) is 0 Å². The quantitative estimate of drug-likeness (QED) is 0.372. The minimum atomic E-state index is 0.120. The molecular weight excluding hydrogens is 404 g/mol. The lowest BCUT2D eigenvalue weighted by molar-refractivity contribution is 0.140. The fourth-order valence-electron chi connectivity index (χ4n) is 3.56. The van der Waals surface area contributed by atoms with Crippen LogP contribution in [0, 0.1) is 6.92 Å². The molecule has 168 valence electrons. The molecule has 1 aliphatic heterocycles. The van der Waals surface area contributed by atoms with E-state index in [4.69, 9.17) is 14.5 Å². The summed E-state index contributed by atoms with van der Waals surface area (Å²) in [5.41, 5.74) is 4.36. The summed E-state index contributed by atoms with van der Waals surface area (Å²) in [6.07, 6.45) is 2.56. The number of aryl methyl sites for hydroxylation is 1. The first-order valence-electron chi connectivity index (χ1n) is 11.0. The van der Waals surface area contributed by atoms with Gasteiger partial charge in [-0.05, 0) is 37.1 Å². The van der Waals surface area contributed by atoms with Crippen LogP contribution in [0.5, 0.6) is 5.75 Å². The van der Waals surface area contributed by atoms with Crippen molar-refractivity contribution in [2.45, 2.75) is 39.5 Å². The Morgan fingerprint density at radius 1 is 1.25 bits per heavy atom. The standard InChI is InChI=1S/C24H30N6O2/c1-3-25-24(26-13-18-5-4-6-19(12-18)23-28-16-29-30-23)27-14-20-8-7-17(2)11-22(20)32-21-9-10-31-15-21/h4-8,11-12,16,21H,3,9-10,13-15H2,1-2H3,(H2,25,26,27)(H,28,29,30). The maximum atomic E-state index is 6.22. The molecule has 1 unspecified atom stereocenters. The van der Waals surface area contributed by atoms with Gasteiger partial charge < -0.3 is 20.1 Å².